The van der Waals surface area contributed by atoms with Crippen molar-refractivity contribution in [2.75, 3.05) is 39.3 Å². The third-order valence-electron chi connectivity index (χ3n) is 6.59. The Labute approximate surface area is 162 Å². The van der Waals surface area contributed by atoms with E-state index in [1.807, 2.05) is 35.2 Å². The van der Waals surface area contributed by atoms with Crippen LogP contribution >= 0.6 is 0 Å². The fraction of sp³-hybridized carbons (Fsp3) is 0.636. The summed E-state index contributed by atoms with van der Waals surface area (Å²) in [5.74, 6) is 0.790. The van der Waals surface area contributed by atoms with Gasteiger partial charge < -0.3 is 14.7 Å². The molecular weight excluding hydrogens is 338 g/mol. The molecule has 3 heterocycles. The second-order valence-electron chi connectivity index (χ2n) is 8.23. The zero-order valence-electron chi connectivity index (χ0n) is 16.2. The molecule has 146 valence electrons. The van der Waals surface area contributed by atoms with Gasteiger partial charge in [0, 0.05) is 43.7 Å². The van der Waals surface area contributed by atoms with Gasteiger partial charge in [0.25, 0.3) is 5.91 Å². The van der Waals surface area contributed by atoms with Crippen LogP contribution < -0.4 is 0 Å². The average Bonchev–Trinajstić information content (AvgIpc) is 3.28. The van der Waals surface area contributed by atoms with Crippen LogP contribution in [0.1, 0.15) is 48.9 Å². The fourth-order valence-corrected chi connectivity index (χ4v) is 4.90. The van der Waals surface area contributed by atoms with Gasteiger partial charge in [-0.05, 0) is 63.7 Å². The van der Waals surface area contributed by atoms with Crippen LogP contribution in [0.5, 0.6) is 0 Å². The first-order valence-electron chi connectivity index (χ1n) is 10.6. The van der Waals surface area contributed by atoms with E-state index in [-0.39, 0.29) is 11.8 Å². The Morgan fingerprint density at radius 1 is 0.741 bits per heavy atom. The third kappa shape index (κ3) is 4.18. The number of amides is 2. The number of benzene rings is 1. The van der Waals surface area contributed by atoms with Gasteiger partial charge in [-0.25, -0.2) is 0 Å². The van der Waals surface area contributed by atoms with Gasteiger partial charge in [0.1, 0.15) is 0 Å². The first-order valence-corrected chi connectivity index (χ1v) is 10.6. The summed E-state index contributed by atoms with van der Waals surface area (Å²) in [6.07, 6.45) is 6.43. The molecule has 0 aromatic heterocycles. The van der Waals surface area contributed by atoms with Crippen LogP contribution in [0.15, 0.2) is 30.3 Å². The summed E-state index contributed by atoms with van der Waals surface area (Å²) >= 11 is 0. The Bertz CT molecular complexity index is 641. The summed E-state index contributed by atoms with van der Waals surface area (Å²) in [6, 6.07) is 10.2. The average molecular weight is 370 g/mol. The molecule has 3 saturated heterocycles. The van der Waals surface area contributed by atoms with Crippen LogP contribution in [0, 0.1) is 5.92 Å². The first kappa shape index (κ1) is 18.5. The van der Waals surface area contributed by atoms with Crippen molar-refractivity contribution in [3.63, 3.8) is 0 Å². The van der Waals surface area contributed by atoms with Gasteiger partial charge >= 0.3 is 0 Å². The predicted molar refractivity (Wildman–Crippen MR) is 105 cm³/mol. The first-order chi connectivity index (χ1) is 13.2. The van der Waals surface area contributed by atoms with E-state index >= 15 is 0 Å². The zero-order valence-corrected chi connectivity index (χ0v) is 16.2. The molecule has 5 nitrogen and oxygen atoms in total. The fourth-order valence-electron chi connectivity index (χ4n) is 4.90. The van der Waals surface area contributed by atoms with Crippen LogP contribution in [-0.2, 0) is 4.79 Å². The highest BCUT2D eigenvalue weighted by Gasteiger charge is 2.33. The number of carbonyl (C=O) groups is 2. The Balaban J connectivity index is 1.24. The SMILES string of the molecule is O=C(c1ccccc1)N1CCC(N2CCC(C(=O)N3CCCC3)CC2)CC1. The molecule has 0 N–H and O–H groups in total. The minimum atomic E-state index is 0.156. The van der Waals surface area contributed by atoms with Gasteiger partial charge in [-0.3, -0.25) is 9.59 Å². The van der Waals surface area contributed by atoms with Crippen molar-refractivity contribution in [2.24, 2.45) is 5.92 Å². The monoisotopic (exact) mass is 369 g/mol. The summed E-state index contributed by atoms with van der Waals surface area (Å²) in [4.78, 5) is 31.8. The normalized spacial score (nSPS) is 23.0. The molecule has 27 heavy (non-hydrogen) atoms. The maximum Gasteiger partial charge on any atom is 0.253 e. The van der Waals surface area contributed by atoms with Crippen molar-refractivity contribution in [3.05, 3.63) is 35.9 Å². The van der Waals surface area contributed by atoms with E-state index in [1.165, 1.54) is 12.8 Å². The minimum Gasteiger partial charge on any atom is -0.342 e. The van der Waals surface area contributed by atoms with Crippen LogP contribution in [0.3, 0.4) is 0 Å². The van der Waals surface area contributed by atoms with Crippen LogP contribution in [0.2, 0.25) is 0 Å². The molecule has 0 atom stereocenters. The summed E-state index contributed by atoms with van der Waals surface area (Å²) < 4.78 is 0. The molecule has 0 radical (unpaired) electrons. The van der Waals surface area contributed by atoms with E-state index in [0.29, 0.717) is 11.9 Å². The molecule has 1 aromatic carbocycles. The van der Waals surface area contributed by atoms with Crippen molar-refractivity contribution in [1.29, 1.82) is 0 Å². The molecule has 0 unspecified atom stereocenters. The van der Waals surface area contributed by atoms with Crippen molar-refractivity contribution < 1.29 is 9.59 Å². The van der Waals surface area contributed by atoms with Crippen molar-refractivity contribution in [2.45, 2.75) is 44.6 Å². The molecule has 0 spiro atoms. The van der Waals surface area contributed by atoms with E-state index in [9.17, 15) is 9.59 Å². The number of nitrogens with zero attached hydrogens (tertiary/aromatic N) is 3. The summed E-state index contributed by atoms with van der Waals surface area (Å²) in [5, 5.41) is 0. The molecule has 4 rings (SSSR count). The quantitative estimate of drug-likeness (QED) is 0.823. The molecule has 3 aliphatic heterocycles. The van der Waals surface area contributed by atoms with E-state index < -0.39 is 0 Å². The van der Waals surface area contributed by atoms with Gasteiger partial charge in [0.2, 0.25) is 5.91 Å². The molecule has 0 saturated carbocycles. The molecule has 0 aliphatic carbocycles. The highest BCUT2D eigenvalue weighted by molar-refractivity contribution is 5.94. The smallest absolute Gasteiger partial charge is 0.253 e. The summed E-state index contributed by atoms with van der Waals surface area (Å²) in [6.45, 7) is 5.67. The second-order valence-corrected chi connectivity index (χ2v) is 8.23. The maximum atomic E-state index is 12.6. The van der Waals surface area contributed by atoms with E-state index in [4.69, 9.17) is 0 Å². The van der Waals surface area contributed by atoms with Gasteiger partial charge in [-0.15, -0.1) is 0 Å². The maximum absolute atomic E-state index is 12.6. The standard InChI is InChI=1S/C22H31N3O2/c26-21(18-6-2-1-3-7-18)25-16-10-20(11-17-25)23-14-8-19(9-15-23)22(27)24-12-4-5-13-24/h1-3,6-7,19-20H,4-5,8-17H2. The van der Waals surface area contributed by atoms with E-state index in [2.05, 4.69) is 9.80 Å². The third-order valence-corrected chi connectivity index (χ3v) is 6.59. The van der Waals surface area contributed by atoms with Crippen molar-refractivity contribution >= 4 is 11.8 Å². The zero-order chi connectivity index (χ0) is 18.6. The highest BCUT2D eigenvalue weighted by Crippen LogP contribution is 2.26. The van der Waals surface area contributed by atoms with E-state index in [1.54, 1.807) is 0 Å². The Morgan fingerprint density at radius 2 is 1.37 bits per heavy atom. The van der Waals surface area contributed by atoms with Crippen LogP contribution in [-0.4, -0.2) is 71.8 Å². The molecule has 1 aromatic rings. The Hall–Kier alpha value is -1.88. The number of carbonyl (C=O) groups excluding carboxylic acids is 2. The predicted octanol–water partition coefficient (Wildman–Crippen LogP) is 2.63. The van der Waals surface area contributed by atoms with Gasteiger partial charge in [-0.1, -0.05) is 18.2 Å². The lowest BCUT2D eigenvalue weighted by Gasteiger charge is -2.42. The number of likely N-dealkylation sites (tertiary alicyclic amines) is 3. The molecule has 0 bridgehead atoms. The van der Waals surface area contributed by atoms with Gasteiger partial charge in [-0.2, -0.15) is 0 Å². The van der Waals surface area contributed by atoms with Crippen LogP contribution in [0.25, 0.3) is 0 Å². The van der Waals surface area contributed by atoms with Crippen molar-refractivity contribution in [1.82, 2.24) is 14.7 Å². The topological polar surface area (TPSA) is 43.9 Å². The van der Waals surface area contributed by atoms with E-state index in [0.717, 1.165) is 70.5 Å². The summed E-state index contributed by atoms with van der Waals surface area (Å²) in [7, 11) is 0. The number of hydrogen-bond donors (Lipinski definition) is 0. The van der Waals surface area contributed by atoms with Crippen molar-refractivity contribution in [3.8, 4) is 0 Å². The highest BCUT2D eigenvalue weighted by atomic mass is 16.2. The molecule has 3 aliphatic rings. The number of piperidine rings is 2. The van der Waals surface area contributed by atoms with Crippen LogP contribution in [0.4, 0.5) is 0 Å². The van der Waals surface area contributed by atoms with Gasteiger partial charge in [0.15, 0.2) is 0 Å². The molecule has 5 heteroatoms. The largest absolute Gasteiger partial charge is 0.342 e. The minimum absolute atomic E-state index is 0.156. The molecule has 3 fully saturated rings. The number of hydrogen-bond acceptors (Lipinski definition) is 3. The lowest BCUT2D eigenvalue weighted by Crippen LogP contribution is -2.50. The Kier molecular flexibility index (Phi) is 5.77. The number of rotatable bonds is 3. The summed E-state index contributed by atoms with van der Waals surface area (Å²) in [5.41, 5.74) is 0.789. The molecular formula is C22H31N3O2. The lowest BCUT2D eigenvalue weighted by atomic mass is 9.92. The lowest BCUT2D eigenvalue weighted by molar-refractivity contribution is -0.136. The molecule has 2 amide bonds. The van der Waals surface area contributed by atoms with Gasteiger partial charge in [0.05, 0.1) is 0 Å². The Morgan fingerprint density at radius 3 is 2.00 bits per heavy atom. The second kappa shape index (κ2) is 8.42.